The number of carbonyl (C=O) groups is 1. The van der Waals surface area contributed by atoms with Crippen molar-refractivity contribution in [3.63, 3.8) is 0 Å². The minimum atomic E-state index is -0.773. The topological polar surface area (TPSA) is 40.5 Å². The molecular formula is C28H24Br3NO3. The zero-order valence-electron chi connectivity index (χ0n) is 19.3. The van der Waals surface area contributed by atoms with Crippen molar-refractivity contribution in [1.29, 1.82) is 0 Å². The van der Waals surface area contributed by atoms with Crippen molar-refractivity contribution < 1.29 is 14.3 Å². The van der Waals surface area contributed by atoms with E-state index in [-0.39, 0.29) is 5.97 Å². The van der Waals surface area contributed by atoms with Gasteiger partial charge in [-0.25, -0.2) is 4.79 Å². The molecule has 1 atom stereocenters. The van der Waals surface area contributed by atoms with Gasteiger partial charge in [-0.15, -0.1) is 0 Å². The molecule has 0 N–H and O–H groups in total. The van der Waals surface area contributed by atoms with Crippen LogP contribution in [0.1, 0.15) is 18.2 Å². The first-order chi connectivity index (χ1) is 16.9. The molecule has 0 saturated heterocycles. The standard InChI is InChI=1S/C28H24Br3NO3/c1-3-34-28(33)26(15-19-7-5-4-6-8-19)35-27-23(30)16-20(17-24(27)31)25-14-9-18(2)32(25)22-12-10-21(29)11-13-22/h4-14,16-17,26H,3,15H2,1-2H3/t26-/m1/s1. The summed E-state index contributed by atoms with van der Waals surface area (Å²) in [5.74, 6) is 0.167. The van der Waals surface area contributed by atoms with Crippen molar-refractivity contribution >= 4 is 53.8 Å². The van der Waals surface area contributed by atoms with E-state index < -0.39 is 6.10 Å². The second-order valence-corrected chi connectivity index (χ2v) is 10.6. The molecule has 0 unspecified atom stereocenters. The van der Waals surface area contributed by atoms with Gasteiger partial charge in [0.25, 0.3) is 0 Å². The second-order valence-electron chi connectivity index (χ2n) is 7.99. The molecule has 1 aromatic heterocycles. The van der Waals surface area contributed by atoms with Gasteiger partial charge in [0.05, 0.1) is 21.2 Å². The normalized spacial score (nSPS) is 11.8. The van der Waals surface area contributed by atoms with Crippen LogP contribution in [0.15, 0.2) is 92.3 Å². The fraction of sp³-hybridized carbons (Fsp3) is 0.179. The number of hydrogen-bond acceptors (Lipinski definition) is 3. The molecule has 0 aliphatic heterocycles. The molecule has 0 aliphatic rings. The lowest BCUT2D eigenvalue weighted by atomic mass is 10.1. The van der Waals surface area contributed by atoms with Gasteiger partial charge in [-0.05, 0) is 99.8 Å². The molecule has 0 spiro atoms. The van der Waals surface area contributed by atoms with Crippen LogP contribution in [0.4, 0.5) is 0 Å². The van der Waals surface area contributed by atoms with Gasteiger partial charge in [0, 0.05) is 27.8 Å². The SMILES string of the molecule is CCOC(=O)[C@@H](Cc1ccccc1)Oc1c(Br)cc(-c2ccc(C)n2-c2ccc(Br)cc2)cc1Br. The molecule has 0 amide bonds. The molecule has 0 radical (unpaired) electrons. The Morgan fingerprint density at radius 3 is 2.20 bits per heavy atom. The molecule has 4 nitrogen and oxygen atoms in total. The zero-order valence-corrected chi connectivity index (χ0v) is 24.1. The summed E-state index contributed by atoms with van der Waals surface area (Å²) in [6, 6.07) is 26.2. The van der Waals surface area contributed by atoms with Crippen LogP contribution in [-0.4, -0.2) is 23.2 Å². The Morgan fingerprint density at radius 2 is 1.57 bits per heavy atom. The Labute approximate surface area is 230 Å². The largest absolute Gasteiger partial charge is 0.476 e. The Kier molecular flexibility index (Phi) is 8.52. The summed E-state index contributed by atoms with van der Waals surface area (Å²) in [4.78, 5) is 12.7. The van der Waals surface area contributed by atoms with E-state index in [2.05, 4.69) is 83.5 Å². The fourth-order valence-corrected chi connectivity index (χ4v) is 5.53. The quantitative estimate of drug-likeness (QED) is 0.179. The Hall–Kier alpha value is -2.35. The summed E-state index contributed by atoms with van der Waals surface area (Å²) in [7, 11) is 0. The summed E-state index contributed by atoms with van der Waals surface area (Å²) in [5, 5.41) is 0. The van der Waals surface area contributed by atoms with Gasteiger partial charge >= 0.3 is 5.97 Å². The van der Waals surface area contributed by atoms with Crippen molar-refractivity contribution in [3.05, 3.63) is 104 Å². The number of ether oxygens (including phenoxy) is 2. The van der Waals surface area contributed by atoms with Crippen molar-refractivity contribution in [1.82, 2.24) is 4.57 Å². The van der Waals surface area contributed by atoms with Gasteiger partial charge in [0.2, 0.25) is 0 Å². The molecule has 7 heteroatoms. The number of rotatable bonds is 8. The summed E-state index contributed by atoms with van der Waals surface area (Å²) < 4.78 is 16.3. The molecular weight excluding hydrogens is 638 g/mol. The van der Waals surface area contributed by atoms with Crippen LogP contribution in [-0.2, 0) is 16.0 Å². The number of aryl methyl sites for hydroxylation is 1. The Bertz CT molecular complexity index is 1290. The number of nitrogens with zero attached hydrogens (tertiary/aromatic N) is 1. The lowest BCUT2D eigenvalue weighted by Gasteiger charge is -2.20. The average molecular weight is 662 g/mol. The Balaban J connectivity index is 1.67. The third-order valence-corrected chi connectivity index (χ3v) is 7.24. The van der Waals surface area contributed by atoms with Gasteiger partial charge in [-0.2, -0.15) is 0 Å². The maximum Gasteiger partial charge on any atom is 0.347 e. The van der Waals surface area contributed by atoms with E-state index in [4.69, 9.17) is 9.47 Å². The minimum Gasteiger partial charge on any atom is -0.476 e. The van der Waals surface area contributed by atoms with Crippen LogP contribution in [0.5, 0.6) is 5.75 Å². The van der Waals surface area contributed by atoms with Gasteiger partial charge in [-0.1, -0.05) is 46.3 Å². The van der Waals surface area contributed by atoms with E-state index >= 15 is 0 Å². The number of aromatic nitrogens is 1. The lowest BCUT2D eigenvalue weighted by Crippen LogP contribution is -2.32. The smallest absolute Gasteiger partial charge is 0.347 e. The Morgan fingerprint density at radius 1 is 0.914 bits per heavy atom. The summed E-state index contributed by atoms with van der Waals surface area (Å²) in [6.45, 7) is 4.17. The third kappa shape index (κ3) is 6.08. The molecule has 1 heterocycles. The number of esters is 1. The molecule has 0 aliphatic carbocycles. The average Bonchev–Trinajstić information content (AvgIpc) is 3.23. The fourth-order valence-electron chi connectivity index (χ4n) is 3.90. The predicted molar refractivity (Wildman–Crippen MR) is 150 cm³/mol. The minimum absolute atomic E-state index is 0.293. The van der Waals surface area contributed by atoms with Gasteiger partial charge in [-0.3, -0.25) is 0 Å². The molecule has 4 rings (SSSR count). The monoisotopic (exact) mass is 659 g/mol. The zero-order chi connectivity index (χ0) is 24.9. The maximum absolute atomic E-state index is 12.7. The molecule has 180 valence electrons. The molecule has 0 bridgehead atoms. The molecule has 35 heavy (non-hydrogen) atoms. The van der Waals surface area contributed by atoms with E-state index in [1.165, 1.54) is 0 Å². The van der Waals surface area contributed by atoms with Crippen molar-refractivity contribution in [2.45, 2.75) is 26.4 Å². The first kappa shape index (κ1) is 25.7. The molecule has 4 aromatic rings. The van der Waals surface area contributed by atoms with Crippen LogP contribution in [0, 0.1) is 6.92 Å². The highest BCUT2D eigenvalue weighted by molar-refractivity contribution is 9.11. The number of carbonyl (C=O) groups excluding carboxylic acids is 1. The van der Waals surface area contributed by atoms with E-state index in [0.717, 1.165) is 41.6 Å². The highest BCUT2D eigenvalue weighted by Crippen LogP contribution is 2.40. The molecule has 0 fully saturated rings. The van der Waals surface area contributed by atoms with E-state index in [9.17, 15) is 4.79 Å². The van der Waals surface area contributed by atoms with E-state index in [0.29, 0.717) is 18.8 Å². The van der Waals surface area contributed by atoms with Crippen LogP contribution in [0.3, 0.4) is 0 Å². The highest BCUT2D eigenvalue weighted by atomic mass is 79.9. The lowest BCUT2D eigenvalue weighted by molar-refractivity contribution is -0.151. The van der Waals surface area contributed by atoms with Crippen LogP contribution in [0.2, 0.25) is 0 Å². The third-order valence-electron chi connectivity index (χ3n) is 5.53. The van der Waals surface area contributed by atoms with Crippen LogP contribution in [0.25, 0.3) is 16.9 Å². The van der Waals surface area contributed by atoms with Gasteiger partial charge in [0.1, 0.15) is 5.75 Å². The molecule has 3 aromatic carbocycles. The van der Waals surface area contributed by atoms with Crippen LogP contribution < -0.4 is 4.74 Å². The first-order valence-corrected chi connectivity index (χ1v) is 13.6. The summed E-state index contributed by atoms with van der Waals surface area (Å²) in [6.07, 6.45) is -0.365. The van der Waals surface area contributed by atoms with Gasteiger partial charge in [0.15, 0.2) is 6.10 Å². The summed E-state index contributed by atoms with van der Waals surface area (Å²) >= 11 is 10.9. The highest BCUT2D eigenvalue weighted by Gasteiger charge is 2.25. The van der Waals surface area contributed by atoms with Crippen molar-refractivity contribution in [2.75, 3.05) is 6.61 Å². The second kappa shape index (κ2) is 11.6. The van der Waals surface area contributed by atoms with E-state index in [1.807, 2.05) is 54.6 Å². The number of benzene rings is 3. The summed E-state index contributed by atoms with van der Waals surface area (Å²) in [5.41, 5.74) is 5.24. The van der Waals surface area contributed by atoms with Gasteiger partial charge < -0.3 is 14.0 Å². The number of hydrogen-bond donors (Lipinski definition) is 0. The van der Waals surface area contributed by atoms with Crippen molar-refractivity contribution in [2.24, 2.45) is 0 Å². The first-order valence-electron chi connectivity index (χ1n) is 11.2. The molecule has 0 saturated carbocycles. The van der Waals surface area contributed by atoms with Crippen molar-refractivity contribution in [3.8, 4) is 22.7 Å². The predicted octanol–water partition coefficient (Wildman–Crippen LogP) is 8.29. The maximum atomic E-state index is 12.7. The van der Waals surface area contributed by atoms with E-state index in [1.54, 1.807) is 6.92 Å². The number of halogens is 3. The van der Waals surface area contributed by atoms with Crippen LogP contribution >= 0.6 is 47.8 Å².